The molecule has 1 unspecified atom stereocenters. The molecule has 1 rings (SSSR count). The van der Waals surface area contributed by atoms with Crippen molar-refractivity contribution in [2.24, 2.45) is 5.92 Å². The Kier molecular flexibility index (Phi) is 7.01. The first-order valence-corrected chi connectivity index (χ1v) is 8.67. The second-order valence-corrected chi connectivity index (χ2v) is 8.16. The van der Waals surface area contributed by atoms with Crippen LogP contribution in [0.1, 0.15) is 34.6 Å². The highest BCUT2D eigenvalue weighted by atomic mass is 79.9. The van der Waals surface area contributed by atoms with Crippen molar-refractivity contribution < 1.29 is 9.47 Å². The van der Waals surface area contributed by atoms with E-state index in [2.05, 4.69) is 71.8 Å². The van der Waals surface area contributed by atoms with E-state index < -0.39 is 0 Å². The second-order valence-electron chi connectivity index (χ2n) is 6.45. The molecule has 0 aliphatic rings. The topological polar surface area (TPSA) is 30.5 Å². The monoisotopic (exact) mass is 421 g/mol. The molecule has 0 aliphatic heterocycles. The molecule has 1 aromatic carbocycles. The maximum absolute atomic E-state index is 6.19. The fourth-order valence-corrected chi connectivity index (χ4v) is 2.64. The molecular formula is C16H25Br2NO2. The van der Waals surface area contributed by atoms with E-state index in [1.165, 1.54) is 0 Å². The fourth-order valence-electron chi connectivity index (χ4n) is 1.74. The number of halogens is 2. The van der Waals surface area contributed by atoms with Gasteiger partial charge in [0, 0.05) is 12.1 Å². The molecule has 0 bridgehead atoms. The third kappa shape index (κ3) is 6.17. The summed E-state index contributed by atoms with van der Waals surface area (Å²) in [6.45, 7) is 11.6. The normalized spacial score (nSPS) is 13.4. The Morgan fingerprint density at radius 3 is 2.10 bits per heavy atom. The van der Waals surface area contributed by atoms with Crippen LogP contribution in [-0.2, 0) is 0 Å². The van der Waals surface area contributed by atoms with E-state index in [0.29, 0.717) is 5.92 Å². The molecule has 21 heavy (non-hydrogen) atoms. The van der Waals surface area contributed by atoms with Gasteiger partial charge in [0.15, 0.2) is 0 Å². The van der Waals surface area contributed by atoms with Crippen molar-refractivity contribution in [3.8, 4) is 11.5 Å². The Hall–Kier alpha value is -0.260. The Morgan fingerprint density at radius 2 is 1.62 bits per heavy atom. The van der Waals surface area contributed by atoms with Crippen LogP contribution in [0.3, 0.4) is 0 Å². The minimum atomic E-state index is 0.0776. The largest absolute Gasteiger partial charge is 0.496 e. The maximum atomic E-state index is 6.19. The molecule has 0 spiro atoms. The van der Waals surface area contributed by atoms with Gasteiger partial charge in [-0.1, -0.05) is 13.8 Å². The van der Waals surface area contributed by atoms with Crippen molar-refractivity contribution in [2.75, 3.05) is 13.7 Å². The van der Waals surface area contributed by atoms with Crippen LogP contribution >= 0.6 is 31.9 Å². The summed E-state index contributed by atoms with van der Waals surface area (Å²) in [5.41, 5.74) is 0.0776. The molecular weight excluding hydrogens is 398 g/mol. The summed E-state index contributed by atoms with van der Waals surface area (Å²) in [5, 5.41) is 3.50. The highest BCUT2D eigenvalue weighted by Crippen LogP contribution is 2.36. The summed E-state index contributed by atoms with van der Waals surface area (Å²) in [6, 6.07) is 3.85. The van der Waals surface area contributed by atoms with Gasteiger partial charge in [0.05, 0.1) is 16.1 Å². The van der Waals surface area contributed by atoms with Crippen LogP contribution in [0.25, 0.3) is 0 Å². The highest BCUT2D eigenvalue weighted by molar-refractivity contribution is 9.11. The minimum absolute atomic E-state index is 0.0776. The highest BCUT2D eigenvalue weighted by Gasteiger charge is 2.20. The summed E-state index contributed by atoms with van der Waals surface area (Å²) < 4.78 is 13.2. The molecule has 5 heteroatoms. The number of benzene rings is 1. The van der Waals surface area contributed by atoms with Gasteiger partial charge in [0.1, 0.15) is 17.6 Å². The molecule has 120 valence electrons. The van der Waals surface area contributed by atoms with E-state index in [-0.39, 0.29) is 11.6 Å². The number of rotatable bonds is 6. The van der Waals surface area contributed by atoms with Crippen LogP contribution in [-0.4, -0.2) is 25.3 Å². The third-order valence-corrected chi connectivity index (χ3v) is 4.30. The maximum Gasteiger partial charge on any atom is 0.135 e. The average Bonchev–Trinajstić information content (AvgIpc) is 2.36. The summed E-state index contributed by atoms with van der Waals surface area (Å²) in [4.78, 5) is 0. The van der Waals surface area contributed by atoms with E-state index in [9.17, 15) is 0 Å². The molecule has 0 radical (unpaired) electrons. The number of methoxy groups -OCH3 is 1. The molecule has 1 aromatic rings. The summed E-state index contributed by atoms with van der Waals surface area (Å²) in [5.74, 6) is 2.01. The summed E-state index contributed by atoms with van der Waals surface area (Å²) >= 11 is 7.04. The standard InChI is InChI=1S/C16H25Br2NO2/c1-10(2)15(9-19-16(3,4)5)21-14-8-11(17)13(20-6)7-12(14)18/h7-8,10,15,19H,9H2,1-6H3. The van der Waals surface area contributed by atoms with Crippen LogP contribution in [0.5, 0.6) is 11.5 Å². The van der Waals surface area contributed by atoms with Crippen LogP contribution in [0.15, 0.2) is 21.1 Å². The van der Waals surface area contributed by atoms with Crippen LogP contribution in [0.2, 0.25) is 0 Å². The van der Waals surface area contributed by atoms with E-state index in [1.54, 1.807) is 7.11 Å². The SMILES string of the molecule is COc1cc(Br)c(OC(CNC(C)(C)C)C(C)C)cc1Br. The minimum Gasteiger partial charge on any atom is -0.496 e. The first kappa shape index (κ1) is 18.8. The zero-order valence-corrected chi connectivity index (χ0v) is 16.8. The Morgan fingerprint density at radius 1 is 1.10 bits per heavy atom. The lowest BCUT2D eigenvalue weighted by molar-refractivity contribution is 0.138. The number of hydrogen-bond acceptors (Lipinski definition) is 3. The quantitative estimate of drug-likeness (QED) is 0.698. The van der Waals surface area contributed by atoms with E-state index in [4.69, 9.17) is 9.47 Å². The first-order chi connectivity index (χ1) is 9.64. The van der Waals surface area contributed by atoms with Crippen LogP contribution in [0.4, 0.5) is 0 Å². The van der Waals surface area contributed by atoms with Gasteiger partial charge in [-0.15, -0.1) is 0 Å². The molecule has 0 fully saturated rings. The van der Waals surface area contributed by atoms with Crippen LogP contribution < -0.4 is 14.8 Å². The summed E-state index contributed by atoms with van der Waals surface area (Å²) in [6.07, 6.45) is 0.0980. The Labute approximate surface area is 145 Å². The van der Waals surface area contributed by atoms with Crippen molar-refractivity contribution in [1.82, 2.24) is 5.32 Å². The zero-order valence-electron chi connectivity index (χ0n) is 13.6. The van der Waals surface area contributed by atoms with Gasteiger partial charge >= 0.3 is 0 Å². The lowest BCUT2D eigenvalue weighted by atomic mass is 10.0. The molecule has 0 amide bonds. The number of hydrogen-bond donors (Lipinski definition) is 1. The number of nitrogens with one attached hydrogen (secondary N) is 1. The fraction of sp³-hybridized carbons (Fsp3) is 0.625. The lowest BCUT2D eigenvalue weighted by Gasteiger charge is -2.28. The van der Waals surface area contributed by atoms with E-state index in [1.807, 2.05) is 12.1 Å². The molecule has 0 saturated heterocycles. The van der Waals surface area contributed by atoms with Gasteiger partial charge in [0.25, 0.3) is 0 Å². The predicted molar refractivity (Wildman–Crippen MR) is 95.4 cm³/mol. The van der Waals surface area contributed by atoms with Gasteiger partial charge in [-0.2, -0.15) is 0 Å². The van der Waals surface area contributed by atoms with Crippen molar-refractivity contribution in [3.05, 3.63) is 21.1 Å². The molecule has 1 N–H and O–H groups in total. The molecule has 0 heterocycles. The molecule has 0 aromatic heterocycles. The smallest absolute Gasteiger partial charge is 0.135 e. The molecule has 1 atom stereocenters. The summed E-state index contributed by atoms with van der Waals surface area (Å²) in [7, 11) is 1.65. The zero-order chi connectivity index (χ0) is 16.2. The number of ether oxygens (including phenoxy) is 2. The average molecular weight is 423 g/mol. The molecule has 0 aliphatic carbocycles. The predicted octanol–water partition coefficient (Wildman–Crippen LogP) is 5.01. The van der Waals surface area contributed by atoms with Crippen molar-refractivity contribution in [2.45, 2.75) is 46.3 Å². The third-order valence-electron chi connectivity index (χ3n) is 3.06. The van der Waals surface area contributed by atoms with Gasteiger partial charge in [-0.25, -0.2) is 0 Å². The van der Waals surface area contributed by atoms with Crippen molar-refractivity contribution in [1.29, 1.82) is 0 Å². The van der Waals surface area contributed by atoms with Gasteiger partial charge in [-0.3, -0.25) is 0 Å². The first-order valence-electron chi connectivity index (χ1n) is 7.08. The second kappa shape index (κ2) is 7.84. The Bertz CT molecular complexity index is 470. The van der Waals surface area contributed by atoms with Gasteiger partial charge < -0.3 is 14.8 Å². The molecule has 0 saturated carbocycles. The van der Waals surface area contributed by atoms with Gasteiger partial charge in [-0.05, 0) is 70.7 Å². The van der Waals surface area contributed by atoms with E-state index >= 15 is 0 Å². The molecule has 3 nitrogen and oxygen atoms in total. The Balaban J connectivity index is 2.87. The lowest BCUT2D eigenvalue weighted by Crippen LogP contribution is -2.44. The van der Waals surface area contributed by atoms with E-state index in [0.717, 1.165) is 27.0 Å². The van der Waals surface area contributed by atoms with Gasteiger partial charge in [0.2, 0.25) is 0 Å². The van der Waals surface area contributed by atoms with Crippen molar-refractivity contribution in [3.63, 3.8) is 0 Å². The van der Waals surface area contributed by atoms with Crippen LogP contribution in [0, 0.1) is 5.92 Å². The van der Waals surface area contributed by atoms with Crippen molar-refractivity contribution >= 4 is 31.9 Å².